The fraction of sp³-hybridized carbons (Fsp3) is 0.611. The Kier molecular flexibility index (Phi) is 11.1. The fourth-order valence-corrected chi connectivity index (χ4v) is 3.58. The molecule has 3 N–H and O–H groups in total. The van der Waals surface area contributed by atoms with Gasteiger partial charge in [-0.05, 0) is 37.8 Å². The van der Waals surface area contributed by atoms with Crippen LogP contribution in [0.4, 0.5) is 4.39 Å². The summed E-state index contributed by atoms with van der Waals surface area (Å²) in [5.74, 6) is 0.706. The van der Waals surface area contributed by atoms with Gasteiger partial charge in [0.25, 0.3) is 0 Å². The zero-order valence-electron chi connectivity index (χ0n) is 16.3. The molecule has 0 aromatic heterocycles. The average molecular weight is 528 g/mol. The minimum absolute atomic E-state index is 0. The number of nitrogens with zero attached hydrogens (tertiary/aromatic N) is 1. The third-order valence-corrected chi connectivity index (χ3v) is 5.77. The molecule has 1 saturated carbocycles. The molecule has 1 aromatic rings. The van der Waals surface area contributed by atoms with Crippen LogP contribution >= 0.6 is 24.0 Å². The molecule has 0 spiro atoms. The predicted octanol–water partition coefficient (Wildman–Crippen LogP) is 2.10. The number of sulfonamides is 1. The largest absolute Gasteiger partial charge is 0.486 e. The third-order valence-electron chi connectivity index (χ3n) is 4.43. The number of ether oxygens (including phenoxy) is 1. The molecule has 7 nitrogen and oxygen atoms in total. The number of hydrogen-bond donors (Lipinski definition) is 3. The molecule has 0 aliphatic heterocycles. The number of halogens is 2. The summed E-state index contributed by atoms with van der Waals surface area (Å²) in [7, 11) is -1.70. The van der Waals surface area contributed by atoms with Crippen molar-refractivity contribution in [1.29, 1.82) is 0 Å². The van der Waals surface area contributed by atoms with Crippen LogP contribution in [-0.4, -0.2) is 52.9 Å². The van der Waals surface area contributed by atoms with E-state index < -0.39 is 15.8 Å². The number of guanidine groups is 1. The highest BCUT2D eigenvalue weighted by Gasteiger charge is 2.20. The van der Waals surface area contributed by atoms with E-state index >= 15 is 0 Å². The van der Waals surface area contributed by atoms with Crippen LogP contribution in [0, 0.1) is 11.7 Å². The van der Waals surface area contributed by atoms with Gasteiger partial charge in [0.1, 0.15) is 6.10 Å². The zero-order chi connectivity index (χ0) is 19.7. The first-order valence-corrected chi connectivity index (χ1v) is 10.9. The highest BCUT2D eigenvalue weighted by atomic mass is 127. The van der Waals surface area contributed by atoms with Crippen molar-refractivity contribution >= 4 is 40.0 Å². The van der Waals surface area contributed by atoms with Crippen molar-refractivity contribution in [3.8, 4) is 5.75 Å². The van der Waals surface area contributed by atoms with Crippen molar-refractivity contribution in [3.63, 3.8) is 0 Å². The van der Waals surface area contributed by atoms with E-state index in [4.69, 9.17) is 4.74 Å². The summed E-state index contributed by atoms with van der Waals surface area (Å²) in [6.45, 7) is 2.96. The Morgan fingerprint density at radius 3 is 2.64 bits per heavy atom. The maximum atomic E-state index is 13.6. The minimum atomic E-state index is -3.30. The van der Waals surface area contributed by atoms with Crippen molar-refractivity contribution < 1.29 is 17.5 Å². The molecule has 1 aromatic carbocycles. The molecular formula is C18H30FIN4O3S. The molecule has 1 atom stereocenters. The van der Waals surface area contributed by atoms with Gasteiger partial charge in [-0.1, -0.05) is 18.6 Å². The summed E-state index contributed by atoms with van der Waals surface area (Å²) in [6, 6.07) is 6.22. The van der Waals surface area contributed by atoms with Crippen molar-refractivity contribution in [2.75, 3.05) is 32.4 Å². The molecule has 1 fully saturated rings. The number of nitrogens with one attached hydrogen (secondary N) is 3. The summed E-state index contributed by atoms with van der Waals surface area (Å²) < 4.78 is 45.7. The van der Waals surface area contributed by atoms with E-state index in [9.17, 15) is 12.8 Å². The second-order valence-electron chi connectivity index (χ2n) is 6.70. The van der Waals surface area contributed by atoms with E-state index in [1.165, 1.54) is 12.5 Å². The number of hydrogen-bond acceptors (Lipinski definition) is 4. The van der Waals surface area contributed by atoms with Gasteiger partial charge in [-0.2, -0.15) is 0 Å². The number of aliphatic imine (C=N–C) groups is 1. The van der Waals surface area contributed by atoms with Gasteiger partial charge in [0.15, 0.2) is 17.5 Å². The fourth-order valence-electron chi connectivity index (χ4n) is 2.58. The number of para-hydroxylation sites is 1. The van der Waals surface area contributed by atoms with Gasteiger partial charge >= 0.3 is 0 Å². The van der Waals surface area contributed by atoms with E-state index in [-0.39, 0.29) is 48.1 Å². The Morgan fingerprint density at radius 2 is 2.04 bits per heavy atom. The second-order valence-corrected chi connectivity index (χ2v) is 8.63. The molecule has 1 unspecified atom stereocenters. The Labute approximate surface area is 184 Å². The van der Waals surface area contributed by atoms with E-state index in [1.807, 2.05) is 6.92 Å². The molecule has 2 rings (SSSR count). The van der Waals surface area contributed by atoms with Crippen LogP contribution in [0.2, 0.25) is 0 Å². The van der Waals surface area contributed by atoms with Gasteiger partial charge in [-0.25, -0.2) is 17.5 Å². The topological polar surface area (TPSA) is 91.8 Å². The molecule has 160 valence electrons. The lowest BCUT2D eigenvalue weighted by Gasteiger charge is -2.25. The SMILES string of the molecule is CN=C(NCCS(=O)(=O)NCC1CCC1)NCC(C)Oc1ccccc1F.I. The van der Waals surface area contributed by atoms with Crippen molar-refractivity contribution in [3.05, 3.63) is 30.1 Å². The lowest BCUT2D eigenvalue weighted by atomic mass is 9.86. The standard InChI is InChI=1S/C18H29FN4O3S.HI/c1-14(26-17-9-4-3-8-16(17)19)12-22-18(20-2)21-10-11-27(24,25)23-13-15-6-5-7-15;/h3-4,8-9,14-15,23H,5-7,10-13H2,1-2H3,(H2,20,21,22);1H. The maximum Gasteiger partial charge on any atom is 0.213 e. The van der Waals surface area contributed by atoms with Gasteiger partial charge in [-0.15, -0.1) is 24.0 Å². The van der Waals surface area contributed by atoms with E-state index in [1.54, 1.807) is 25.2 Å². The third kappa shape index (κ3) is 8.91. The molecule has 10 heteroatoms. The van der Waals surface area contributed by atoms with Gasteiger partial charge < -0.3 is 15.4 Å². The molecule has 0 heterocycles. The lowest BCUT2D eigenvalue weighted by Crippen LogP contribution is -2.44. The number of rotatable bonds is 10. The monoisotopic (exact) mass is 528 g/mol. The van der Waals surface area contributed by atoms with Crippen LogP contribution in [0.3, 0.4) is 0 Å². The maximum absolute atomic E-state index is 13.6. The molecule has 0 bridgehead atoms. The first kappa shape index (κ1) is 24.9. The summed E-state index contributed by atoms with van der Waals surface area (Å²) in [6.07, 6.45) is 3.09. The molecule has 0 saturated heterocycles. The molecule has 1 aliphatic rings. The Morgan fingerprint density at radius 1 is 1.32 bits per heavy atom. The zero-order valence-corrected chi connectivity index (χ0v) is 19.4. The van der Waals surface area contributed by atoms with Crippen LogP contribution in [0.1, 0.15) is 26.2 Å². The molecular weight excluding hydrogens is 498 g/mol. The highest BCUT2D eigenvalue weighted by molar-refractivity contribution is 14.0. The Hall–Kier alpha value is -1.14. The summed E-state index contributed by atoms with van der Waals surface area (Å²) in [5.41, 5.74) is 0. The van der Waals surface area contributed by atoms with Gasteiger partial charge in [0.2, 0.25) is 10.0 Å². The van der Waals surface area contributed by atoms with Gasteiger partial charge in [-0.3, -0.25) is 4.99 Å². The van der Waals surface area contributed by atoms with Crippen LogP contribution in [0.25, 0.3) is 0 Å². The Bertz CT molecular complexity index is 729. The summed E-state index contributed by atoms with van der Waals surface area (Å²) >= 11 is 0. The van der Waals surface area contributed by atoms with Crippen LogP contribution in [0.5, 0.6) is 5.75 Å². The average Bonchev–Trinajstić information content (AvgIpc) is 2.58. The first-order chi connectivity index (χ1) is 12.9. The number of benzene rings is 1. The summed E-state index contributed by atoms with van der Waals surface area (Å²) in [4.78, 5) is 4.05. The lowest BCUT2D eigenvalue weighted by molar-refractivity contribution is 0.214. The molecule has 28 heavy (non-hydrogen) atoms. The quantitative estimate of drug-likeness (QED) is 0.246. The minimum Gasteiger partial charge on any atom is -0.486 e. The van der Waals surface area contributed by atoms with Crippen LogP contribution < -0.4 is 20.1 Å². The van der Waals surface area contributed by atoms with Crippen molar-refractivity contribution in [1.82, 2.24) is 15.4 Å². The predicted molar refractivity (Wildman–Crippen MR) is 120 cm³/mol. The van der Waals surface area contributed by atoms with Crippen molar-refractivity contribution in [2.24, 2.45) is 10.9 Å². The van der Waals surface area contributed by atoms with E-state index in [0.29, 0.717) is 25.0 Å². The normalized spacial score (nSPS) is 15.9. The highest BCUT2D eigenvalue weighted by Crippen LogP contribution is 2.25. The molecule has 0 amide bonds. The van der Waals surface area contributed by atoms with Crippen LogP contribution in [0.15, 0.2) is 29.3 Å². The second kappa shape index (κ2) is 12.4. The van der Waals surface area contributed by atoms with Crippen LogP contribution in [-0.2, 0) is 10.0 Å². The smallest absolute Gasteiger partial charge is 0.213 e. The van der Waals surface area contributed by atoms with E-state index in [2.05, 4.69) is 20.3 Å². The van der Waals surface area contributed by atoms with E-state index in [0.717, 1.165) is 12.8 Å². The van der Waals surface area contributed by atoms with Crippen molar-refractivity contribution in [2.45, 2.75) is 32.3 Å². The van der Waals surface area contributed by atoms with Gasteiger partial charge in [0.05, 0.1) is 12.3 Å². The molecule has 1 aliphatic carbocycles. The summed E-state index contributed by atoms with van der Waals surface area (Å²) in [5, 5.41) is 6.00. The van der Waals surface area contributed by atoms with Gasteiger partial charge in [0, 0.05) is 20.1 Å². The Balaban J connectivity index is 0.00000392. The first-order valence-electron chi connectivity index (χ1n) is 9.22. The molecule has 0 radical (unpaired) electrons.